The van der Waals surface area contributed by atoms with Crippen LogP contribution in [-0.4, -0.2) is 24.2 Å². The van der Waals surface area contributed by atoms with E-state index in [1.54, 1.807) is 42.6 Å². The van der Waals surface area contributed by atoms with Crippen molar-refractivity contribution in [3.63, 3.8) is 0 Å². The number of nitrogens with one attached hydrogen (secondary N) is 2. The Balaban J connectivity index is 1.69. The van der Waals surface area contributed by atoms with Crippen LogP contribution in [0.3, 0.4) is 0 Å². The van der Waals surface area contributed by atoms with Gasteiger partial charge in [0, 0.05) is 11.9 Å². The second kappa shape index (κ2) is 7.57. The van der Waals surface area contributed by atoms with E-state index < -0.39 is 12.1 Å². The van der Waals surface area contributed by atoms with Gasteiger partial charge < -0.3 is 14.5 Å². The molecule has 0 bridgehead atoms. The summed E-state index contributed by atoms with van der Waals surface area (Å²) < 4.78 is 10.0. The molecule has 0 aliphatic carbocycles. The Morgan fingerprint density at radius 3 is 2.50 bits per heavy atom. The van der Waals surface area contributed by atoms with Crippen molar-refractivity contribution in [3.8, 4) is 17.0 Å². The molecule has 0 saturated carbocycles. The molecule has 3 aromatic rings. The topological polar surface area (TPSA) is 80.4 Å². The Hall–Kier alpha value is -3.54. The van der Waals surface area contributed by atoms with Gasteiger partial charge in [0.25, 0.3) is 0 Å². The number of H-pyrrole nitrogens is 1. The molecule has 6 heteroatoms. The molecule has 1 heterocycles. The first kappa shape index (κ1) is 17.3. The maximum atomic E-state index is 12.0. The molecule has 2 N–H and O–H groups in total. The molecule has 0 aliphatic rings. The molecule has 3 rings (SSSR count). The van der Waals surface area contributed by atoms with Gasteiger partial charge in [0.1, 0.15) is 5.75 Å². The predicted octanol–water partition coefficient (Wildman–Crippen LogP) is 4.39. The number of aryl methyl sites for hydroxylation is 1. The molecule has 0 atom stereocenters. The van der Waals surface area contributed by atoms with Crippen LogP contribution in [0, 0.1) is 6.92 Å². The van der Waals surface area contributed by atoms with Crippen LogP contribution in [0.15, 0.2) is 60.8 Å². The molecule has 0 radical (unpaired) electrons. The minimum Gasteiger partial charge on any atom is -0.465 e. The zero-order valence-corrected chi connectivity index (χ0v) is 14.4. The van der Waals surface area contributed by atoms with Gasteiger partial charge in [-0.25, -0.2) is 9.59 Å². The van der Waals surface area contributed by atoms with E-state index >= 15 is 0 Å². The van der Waals surface area contributed by atoms with Gasteiger partial charge in [-0.15, -0.1) is 0 Å². The number of benzene rings is 2. The van der Waals surface area contributed by atoms with Gasteiger partial charge in [-0.2, -0.15) is 0 Å². The third-order valence-electron chi connectivity index (χ3n) is 3.77. The number of carbonyl (C=O) groups excluding carboxylic acids is 2. The average Bonchev–Trinajstić information content (AvgIpc) is 3.11. The Labute approximate surface area is 150 Å². The van der Waals surface area contributed by atoms with Gasteiger partial charge >= 0.3 is 12.1 Å². The fourth-order valence-electron chi connectivity index (χ4n) is 2.55. The summed E-state index contributed by atoms with van der Waals surface area (Å²) in [5.41, 5.74) is 3.58. The van der Waals surface area contributed by atoms with E-state index in [1.165, 1.54) is 7.11 Å². The van der Waals surface area contributed by atoms with Crippen molar-refractivity contribution >= 4 is 17.7 Å². The van der Waals surface area contributed by atoms with Crippen LogP contribution in [0.5, 0.6) is 5.75 Å². The van der Waals surface area contributed by atoms with Crippen LogP contribution in [-0.2, 0) is 4.74 Å². The number of aromatic nitrogens is 1. The van der Waals surface area contributed by atoms with E-state index in [2.05, 4.69) is 10.3 Å². The number of amides is 1. The van der Waals surface area contributed by atoms with Gasteiger partial charge in [-0.05, 0) is 60.5 Å². The summed E-state index contributed by atoms with van der Waals surface area (Å²) in [4.78, 5) is 26.8. The number of ether oxygens (including phenoxy) is 2. The predicted molar refractivity (Wildman–Crippen MR) is 98.4 cm³/mol. The largest absolute Gasteiger partial charge is 0.465 e. The fourth-order valence-corrected chi connectivity index (χ4v) is 2.55. The summed E-state index contributed by atoms with van der Waals surface area (Å²) >= 11 is 0. The quantitative estimate of drug-likeness (QED) is 0.684. The highest BCUT2D eigenvalue weighted by atomic mass is 16.6. The van der Waals surface area contributed by atoms with Crippen LogP contribution in [0.2, 0.25) is 0 Å². The van der Waals surface area contributed by atoms with Crippen LogP contribution in [0.25, 0.3) is 11.3 Å². The highest BCUT2D eigenvalue weighted by Crippen LogP contribution is 2.25. The summed E-state index contributed by atoms with van der Waals surface area (Å²) in [6, 6.07) is 15.9. The lowest BCUT2D eigenvalue weighted by Gasteiger charge is -2.08. The molecule has 0 saturated heterocycles. The third-order valence-corrected chi connectivity index (χ3v) is 3.77. The number of rotatable bonds is 4. The van der Waals surface area contributed by atoms with E-state index in [-0.39, 0.29) is 0 Å². The van der Waals surface area contributed by atoms with Crippen molar-refractivity contribution in [2.75, 3.05) is 12.4 Å². The highest BCUT2D eigenvalue weighted by Gasteiger charge is 2.14. The lowest BCUT2D eigenvalue weighted by molar-refractivity contribution is 0.0602. The lowest BCUT2D eigenvalue weighted by Crippen LogP contribution is -2.16. The number of aromatic amines is 1. The second-order valence-corrected chi connectivity index (χ2v) is 5.67. The average molecular weight is 350 g/mol. The molecule has 1 aromatic heterocycles. The Morgan fingerprint density at radius 2 is 1.81 bits per heavy atom. The molecule has 1 amide bonds. The summed E-state index contributed by atoms with van der Waals surface area (Å²) in [7, 11) is 1.34. The first-order valence-electron chi connectivity index (χ1n) is 7.98. The summed E-state index contributed by atoms with van der Waals surface area (Å²) in [5.74, 6) is -0.0239. The maximum absolute atomic E-state index is 12.0. The standard InChI is InChI=1S/C20H18N2O4/c1-13-4-3-5-15(12-13)22-20(24)26-16-8-6-14(7-9-16)18-17(10-11-21-18)19(23)25-2/h3-12,21H,1-2H3,(H,22,24). The maximum Gasteiger partial charge on any atom is 0.417 e. The van der Waals surface area contributed by atoms with E-state index in [1.807, 2.05) is 25.1 Å². The van der Waals surface area contributed by atoms with Crippen molar-refractivity contribution in [2.45, 2.75) is 6.92 Å². The van der Waals surface area contributed by atoms with Crippen LogP contribution >= 0.6 is 0 Å². The van der Waals surface area contributed by atoms with Crippen LogP contribution in [0.4, 0.5) is 10.5 Å². The Morgan fingerprint density at radius 1 is 1.04 bits per heavy atom. The smallest absolute Gasteiger partial charge is 0.417 e. The van der Waals surface area contributed by atoms with Crippen molar-refractivity contribution in [1.29, 1.82) is 0 Å². The SMILES string of the molecule is COC(=O)c1cc[nH]c1-c1ccc(OC(=O)Nc2cccc(C)c2)cc1. The van der Waals surface area contributed by atoms with E-state index in [4.69, 9.17) is 9.47 Å². The molecular formula is C20H18N2O4. The lowest BCUT2D eigenvalue weighted by atomic mass is 10.1. The van der Waals surface area contributed by atoms with Crippen LogP contribution in [0.1, 0.15) is 15.9 Å². The first-order valence-corrected chi connectivity index (χ1v) is 7.98. The monoisotopic (exact) mass is 350 g/mol. The number of carbonyl (C=O) groups is 2. The minimum atomic E-state index is -0.571. The van der Waals surface area contributed by atoms with Crippen LogP contribution < -0.4 is 10.1 Å². The molecule has 0 spiro atoms. The van der Waals surface area contributed by atoms with Gasteiger partial charge in [0.15, 0.2) is 0 Å². The summed E-state index contributed by atoms with van der Waals surface area (Å²) in [6.45, 7) is 1.94. The number of anilines is 1. The van der Waals surface area contributed by atoms with Gasteiger partial charge in [-0.3, -0.25) is 5.32 Å². The fraction of sp³-hybridized carbons (Fsp3) is 0.100. The molecule has 132 valence electrons. The molecule has 0 unspecified atom stereocenters. The van der Waals surface area contributed by atoms with Crippen molar-refractivity contribution in [1.82, 2.24) is 4.98 Å². The van der Waals surface area contributed by atoms with E-state index in [0.717, 1.165) is 11.1 Å². The molecule has 6 nitrogen and oxygen atoms in total. The Bertz CT molecular complexity index is 929. The van der Waals surface area contributed by atoms with E-state index in [0.29, 0.717) is 22.7 Å². The number of hydrogen-bond acceptors (Lipinski definition) is 4. The van der Waals surface area contributed by atoms with Gasteiger partial charge in [-0.1, -0.05) is 12.1 Å². The molecule has 2 aromatic carbocycles. The van der Waals surface area contributed by atoms with E-state index in [9.17, 15) is 9.59 Å². The normalized spacial score (nSPS) is 10.2. The Kier molecular flexibility index (Phi) is 5.03. The van der Waals surface area contributed by atoms with Crippen molar-refractivity contribution < 1.29 is 19.1 Å². The number of hydrogen-bond donors (Lipinski definition) is 2. The summed E-state index contributed by atoms with van der Waals surface area (Å²) in [5, 5.41) is 2.68. The van der Waals surface area contributed by atoms with Gasteiger partial charge in [0.2, 0.25) is 0 Å². The summed E-state index contributed by atoms with van der Waals surface area (Å²) in [6.07, 6.45) is 1.10. The highest BCUT2D eigenvalue weighted by molar-refractivity contribution is 5.96. The first-order chi connectivity index (χ1) is 12.6. The molecule has 26 heavy (non-hydrogen) atoms. The van der Waals surface area contributed by atoms with Gasteiger partial charge in [0.05, 0.1) is 18.4 Å². The number of methoxy groups -OCH3 is 1. The minimum absolute atomic E-state index is 0.394. The molecule has 0 aliphatic heterocycles. The zero-order chi connectivity index (χ0) is 18.5. The van der Waals surface area contributed by atoms with Crippen molar-refractivity contribution in [2.24, 2.45) is 0 Å². The molecular weight excluding hydrogens is 332 g/mol. The number of esters is 1. The zero-order valence-electron chi connectivity index (χ0n) is 14.4. The third kappa shape index (κ3) is 3.92. The van der Waals surface area contributed by atoms with Crippen molar-refractivity contribution in [3.05, 3.63) is 71.9 Å². The second-order valence-electron chi connectivity index (χ2n) is 5.67. The molecule has 0 fully saturated rings.